The number of ether oxygens (including phenoxy) is 1. The molecule has 2 aliphatic carbocycles. The highest BCUT2D eigenvalue weighted by Crippen LogP contribution is 2.59. The van der Waals surface area contributed by atoms with Crippen molar-refractivity contribution < 1.29 is 13.5 Å². The molecule has 2 unspecified atom stereocenters. The Morgan fingerprint density at radius 3 is 2.33 bits per heavy atom. The summed E-state index contributed by atoms with van der Waals surface area (Å²) in [6.45, 7) is 6.63. The zero-order valence-corrected chi connectivity index (χ0v) is 11.3. The summed E-state index contributed by atoms with van der Waals surface area (Å²) >= 11 is 0. The molecule has 2 nitrogen and oxygen atoms in total. The van der Waals surface area contributed by atoms with Gasteiger partial charge in [-0.3, -0.25) is 0 Å². The van der Waals surface area contributed by atoms with E-state index in [4.69, 9.17) is 4.74 Å². The standard InChI is InChI=1S/C14H23F2NO/c1-10(2)18-9-13(3-4-13)8-17-5-11-12(6-17)14(11,16)7-15/h10-12H,3-9H2,1-2H3. The SMILES string of the molecule is CC(C)OCC1(CN2CC3C(C2)C3(F)CF)CC1. The van der Waals surface area contributed by atoms with E-state index in [1.54, 1.807) is 0 Å². The van der Waals surface area contributed by atoms with Gasteiger partial charge in [-0.2, -0.15) is 0 Å². The van der Waals surface area contributed by atoms with Crippen LogP contribution in [0.25, 0.3) is 0 Å². The van der Waals surface area contributed by atoms with E-state index >= 15 is 0 Å². The van der Waals surface area contributed by atoms with E-state index < -0.39 is 12.3 Å². The third-order valence-electron chi connectivity index (χ3n) is 4.96. The molecule has 2 saturated carbocycles. The van der Waals surface area contributed by atoms with Crippen molar-refractivity contribution in [1.82, 2.24) is 4.90 Å². The molecular formula is C14H23F2NO. The van der Waals surface area contributed by atoms with Gasteiger partial charge in [0.05, 0.1) is 12.7 Å². The Labute approximate surface area is 108 Å². The second-order valence-corrected chi connectivity index (χ2v) is 6.83. The van der Waals surface area contributed by atoms with Gasteiger partial charge in [0.15, 0.2) is 0 Å². The first kappa shape index (κ1) is 12.8. The van der Waals surface area contributed by atoms with Crippen LogP contribution in [0.4, 0.5) is 8.78 Å². The fourth-order valence-electron chi connectivity index (χ4n) is 3.42. The van der Waals surface area contributed by atoms with Crippen molar-refractivity contribution in [2.45, 2.75) is 38.5 Å². The fraction of sp³-hybridized carbons (Fsp3) is 1.00. The van der Waals surface area contributed by atoms with Crippen LogP contribution in [0.1, 0.15) is 26.7 Å². The first-order valence-corrected chi connectivity index (χ1v) is 7.08. The zero-order valence-electron chi connectivity index (χ0n) is 11.3. The van der Waals surface area contributed by atoms with E-state index in [2.05, 4.69) is 18.7 Å². The summed E-state index contributed by atoms with van der Waals surface area (Å²) in [6.07, 6.45) is 2.71. The largest absolute Gasteiger partial charge is 0.378 e. The number of hydrogen-bond donors (Lipinski definition) is 0. The molecule has 3 aliphatic rings. The van der Waals surface area contributed by atoms with Gasteiger partial charge < -0.3 is 9.64 Å². The lowest BCUT2D eigenvalue weighted by Crippen LogP contribution is -2.36. The van der Waals surface area contributed by atoms with Crippen LogP contribution in [0.15, 0.2) is 0 Å². The molecule has 0 spiro atoms. The average Bonchev–Trinajstić information content (AvgIpc) is 3.13. The van der Waals surface area contributed by atoms with Crippen molar-refractivity contribution in [1.29, 1.82) is 0 Å². The summed E-state index contributed by atoms with van der Waals surface area (Å²) in [4.78, 5) is 2.32. The molecule has 0 amide bonds. The predicted octanol–water partition coefficient (Wildman–Crippen LogP) is 2.43. The third-order valence-corrected chi connectivity index (χ3v) is 4.96. The number of piperidine rings is 1. The van der Waals surface area contributed by atoms with Crippen LogP contribution in [-0.4, -0.2) is 49.6 Å². The highest BCUT2D eigenvalue weighted by Gasteiger charge is 2.70. The maximum Gasteiger partial charge on any atom is 0.148 e. The summed E-state index contributed by atoms with van der Waals surface area (Å²) in [5, 5.41) is 0. The first-order valence-electron chi connectivity index (χ1n) is 7.08. The van der Waals surface area contributed by atoms with Crippen LogP contribution in [0.3, 0.4) is 0 Å². The number of nitrogens with zero attached hydrogens (tertiary/aromatic N) is 1. The average molecular weight is 259 g/mol. The Bertz CT molecular complexity index is 318. The second-order valence-electron chi connectivity index (χ2n) is 6.83. The molecule has 3 rings (SSSR count). The van der Waals surface area contributed by atoms with E-state index in [9.17, 15) is 8.78 Å². The number of hydrogen-bond acceptors (Lipinski definition) is 2. The molecule has 0 aromatic rings. The molecule has 2 atom stereocenters. The van der Waals surface area contributed by atoms with Crippen molar-refractivity contribution in [2.24, 2.45) is 17.3 Å². The molecule has 0 N–H and O–H groups in total. The molecule has 0 bridgehead atoms. The number of halogens is 2. The summed E-state index contributed by atoms with van der Waals surface area (Å²) in [5.41, 5.74) is -1.16. The number of alkyl halides is 2. The van der Waals surface area contributed by atoms with Crippen molar-refractivity contribution in [3.8, 4) is 0 Å². The molecule has 18 heavy (non-hydrogen) atoms. The van der Waals surface area contributed by atoms with Gasteiger partial charge in [0.2, 0.25) is 0 Å². The summed E-state index contributed by atoms with van der Waals surface area (Å²) < 4.78 is 32.1. The van der Waals surface area contributed by atoms with Crippen molar-refractivity contribution in [3.63, 3.8) is 0 Å². The second kappa shape index (κ2) is 4.14. The molecule has 0 aromatic heterocycles. The van der Waals surface area contributed by atoms with Crippen molar-refractivity contribution in [3.05, 3.63) is 0 Å². The Morgan fingerprint density at radius 2 is 1.89 bits per heavy atom. The first-order chi connectivity index (χ1) is 8.49. The Hall–Kier alpha value is -0.220. The van der Waals surface area contributed by atoms with Crippen molar-refractivity contribution >= 4 is 0 Å². The number of likely N-dealkylation sites (tertiary alicyclic amines) is 1. The van der Waals surface area contributed by atoms with Gasteiger partial charge in [-0.1, -0.05) is 0 Å². The van der Waals surface area contributed by atoms with E-state index in [-0.39, 0.29) is 17.9 Å². The highest BCUT2D eigenvalue weighted by atomic mass is 19.2. The molecular weight excluding hydrogens is 236 g/mol. The van der Waals surface area contributed by atoms with Crippen LogP contribution in [0, 0.1) is 17.3 Å². The van der Waals surface area contributed by atoms with Gasteiger partial charge in [0.1, 0.15) is 12.3 Å². The minimum atomic E-state index is -1.47. The Kier molecular flexibility index (Phi) is 2.94. The maximum absolute atomic E-state index is 13.8. The van der Waals surface area contributed by atoms with Crippen LogP contribution in [-0.2, 0) is 4.74 Å². The van der Waals surface area contributed by atoms with Gasteiger partial charge in [-0.05, 0) is 26.7 Å². The van der Waals surface area contributed by atoms with Gasteiger partial charge in [0, 0.05) is 36.9 Å². The van der Waals surface area contributed by atoms with Crippen LogP contribution in [0.5, 0.6) is 0 Å². The molecule has 0 aromatic carbocycles. The van der Waals surface area contributed by atoms with Crippen LogP contribution in [0.2, 0.25) is 0 Å². The zero-order chi connectivity index (χ0) is 13.0. The molecule has 1 heterocycles. The van der Waals surface area contributed by atoms with Gasteiger partial charge in [0.25, 0.3) is 0 Å². The number of rotatable bonds is 6. The molecule has 1 aliphatic heterocycles. The smallest absolute Gasteiger partial charge is 0.148 e. The fourth-order valence-corrected chi connectivity index (χ4v) is 3.42. The van der Waals surface area contributed by atoms with Gasteiger partial charge in [-0.15, -0.1) is 0 Å². The molecule has 1 saturated heterocycles. The minimum absolute atomic E-state index is 0.0377. The lowest BCUT2D eigenvalue weighted by Gasteiger charge is -2.26. The topological polar surface area (TPSA) is 12.5 Å². The Balaban J connectivity index is 1.46. The van der Waals surface area contributed by atoms with Crippen LogP contribution >= 0.6 is 0 Å². The summed E-state index contributed by atoms with van der Waals surface area (Å²) in [6, 6.07) is 0. The Morgan fingerprint density at radius 1 is 1.28 bits per heavy atom. The predicted molar refractivity (Wildman–Crippen MR) is 66.0 cm³/mol. The van der Waals surface area contributed by atoms with E-state index in [0.29, 0.717) is 5.41 Å². The van der Waals surface area contributed by atoms with E-state index in [0.717, 1.165) is 26.2 Å². The van der Waals surface area contributed by atoms with Gasteiger partial charge >= 0.3 is 0 Å². The quantitative estimate of drug-likeness (QED) is 0.726. The lowest BCUT2D eigenvalue weighted by atomic mass is 10.1. The monoisotopic (exact) mass is 259 g/mol. The third kappa shape index (κ3) is 2.07. The van der Waals surface area contributed by atoms with Crippen molar-refractivity contribution in [2.75, 3.05) is 32.9 Å². The minimum Gasteiger partial charge on any atom is -0.378 e. The maximum atomic E-state index is 13.8. The molecule has 4 heteroatoms. The van der Waals surface area contributed by atoms with Crippen LogP contribution < -0.4 is 0 Å². The van der Waals surface area contributed by atoms with E-state index in [1.807, 2.05) is 0 Å². The molecule has 3 fully saturated rings. The summed E-state index contributed by atoms with van der Waals surface area (Å²) in [5.74, 6) is -0.0753. The number of fused-ring (bicyclic) bond motifs is 1. The van der Waals surface area contributed by atoms with Gasteiger partial charge in [-0.25, -0.2) is 8.78 Å². The molecule has 0 radical (unpaired) electrons. The lowest BCUT2D eigenvalue weighted by molar-refractivity contribution is 0.0295. The summed E-state index contributed by atoms with van der Waals surface area (Å²) in [7, 11) is 0. The van der Waals surface area contributed by atoms with E-state index in [1.165, 1.54) is 12.8 Å². The molecule has 104 valence electrons. The normalized spacial score (nSPS) is 41.2. The highest BCUT2D eigenvalue weighted by molar-refractivity contribution is 5.18.